The van der Waals surface area contributed by atoms with Gasteiger partial charge in [-0.2, -0.15) is 0 Å². The Morgan fingerprint density at radius 2 is 2.00 bits per heavy atom. The summed E-state index contributed by atoms with van der Waals surface area (Å²) in [6.07, 6.45) is 0.0134. The number of hydrogen-bond donors (Lipinski definition) is 0. The van der Waals surface area contributed by atoms with Gasteiger partial charge in [0.15, 0.2) is 5.78 Å². The number of ketones is 1. The standard InChI is InChI=1S/C15H12BrFO2/c1-19-15-5-3-2-4-12(15)14(18)8-10-6-7-11(16)9-13(10)17/h2-7,9H,8H2,1H3. The largest absolute Gasteiger partial charge is 0.496 e. The highest BCUT2D eigenvalue weighted by Gasteiger charge is 2.14. The van der Waals surface area contributed by atoms with Crippen LogP contribution in [0, 0.1) is 5.82 Å². The van der Waals surface area contributed by atoms with Crippen molar-refractivity contribution in [2.75, 3.05) is 7.11 Å². The van der Waals surface area contributed by atoms with Crippen LogP contribution in [-0.2, 0) is 6.42 Å². The van der Waals surface area contributed by atoms with Crippen molar-refractivity contribution in [3.05, 3.63) is 63.9 Å². The summed E-state index contributed by atoms with van der Waals surface area (Å²) in [5, 5.41) is 0. The van der Waals surface area contributed by atoms with Gasteiger partial charge in [0, 0.05) is 10.9 Å². The number of rotatable bonds is 4. The predicted octanol–water partition coefficient (Wildman–Crippen LogP) is 4.02. The van der Waals surface area contributed by atoms with Gasteiger partial charge in [0.25, 0.3) is 0 Å². The molecule has 19 heavy (non-hydrogen) atoms. The Kier molecular flexibility index (Phi) is 4.32. The monoisotopic (exact) mass is 322 g/mol. The molecule has 0 aliphatic rings. The minimum absolute atomic E-state index is 0.0134. The summed E-state index contributed by atoms with van der Waals surface area (Å²) in [5.41, 5.74) is 0.839. The molecule has 0 fully saturated rings. The summed E-state index contributed by atoms with van der Waals surface area (Å²) in [7, 11) is 1.51. The Morgan fingerprint density at radius 3 is 2.68 bits per heavy atom. The van der Waals surface area contributed by atoms with Crippen LogP contribution in [0.5, 0.6) is 5.75 Å². The zero-order chi connectivity index (χ0) is 13.8. The van der Waals surface area contributed by atoms with Gasteiger partial charge in [0.1, 0.15) is 11.6 Å². The van der Waals surface area contributed by atoms with Crippen LogP contribution in [0.2, 0.25) is 0 Å². The molecule has 0 aromatic heterocycles. The average Bonchev–Trinajstić information content (AvgIpc) is 2.41. The molecule has 0 N–H and O–H groups in total. The summed E-state index contributed by atoms with van der Waals surface area (Å²) < 4.78 is 19.5. The molecule has 0 radical (unpaired) electrons. The van der Waals surface area contributed by atoms with Gasteiger partial charge in [-0.25, -0.2) is 4.39 Å². The van der Waals surface area contributed by atoms with Crippen molar-refractivity contribution < 1.29 is 13.9 Å². The fraction of sp³-hybridized carbons (Fsp3) is 0.133. The number of benzene rings is 2. The molecule has 0 aliphatic heterocycles. The van der Waals surface area contributed by atoms with Crippen LogP contribution in [0.3, 0.4) is 0 Å². The molecule has 2 nitrogen and oxygen atoms in total. The minimum atomic E-state index is -0.391. The fourth-order valence-electron chi connectivity index (χ4n) is 1.81. The summed E-state index contributed by atoms with van der Waals surface area (Å²) in [5.74, 6) is -0.0543. The van der Waals surface area contributed by atoms with E-state index in [0.29, 0.717) is 21.3 Å². The molecule has 0 aliphatic carbocycles. The van der Waals surface area contributed by atoms with Crippen LogP contribution in [0.15, 0.2) is 46.9 Å². The lowest BCUT2D eigenvalue weighted by atomic mass is 10.0. The Morgan fingerprint density at radius 1 is 1.26 bits per heavy atom. The van der Waals surface area contributed by atoms with Gasteiger partial charge in [-0.3, -0.25) is 4.79 Å². The van der Waals surface area contributed by atoms with E-state index in [4.69, 9.17) is 4.74 Å². The number of carbonyl (C=O) groups excluding carboxylic acids is 1. The molecule has 0 heterocycles. The van der Waals surface area contributed by atoms with Gasteiger partial charge < -0.3 is 4.74 Å². The van der Waals surface area contributed by atoms with E-state index in [1.165, 1.54) is 13.2 Å². The minimum Gasteiger partial charge on any atom is -0.496 e. The lowest BCUT2D eigenvalue weighted by molar-refractivity contribution is 0.0989. The van der Waals surface area contributed by atoms with Crippen molar-refractivity contribution in [3.63, 3.8) is 0 Å². The SMILES string of the molecule is COc1ccccc1C(=O)Cc1ccc(Br)cc1F. The van der Waals surface area contributed by atoms with Crippen LogP contribution >= 0.6 is 15.9 Å². The lowest BCUT2D eigenvalue weighted by Crippen LogP contribution is -2.07. The van der Waals surface area contributed by atoms with Crippen molar-refractivity contribution >= 4 is 21.7 Å². The van der Waals surface area contributed by atoms with Crippen LogP contribution in [0.1, 0.15) is 15.9 Å². The first-order valence-electron chi connectivity index (χ1n) is 5.72. The number of hydrogen-bond acceptors (Lipinski definition) is 2. The molecule has 2 aromatic carbocycles. The molecule has 2 rings (SSSR count). The summed E-state index contributed by atoms with van der Waals surface area (Å²) >= 11 is 3.19. The zero-order valence-corrected chi connectivity index (χ0v) is 11.9. The molecule has 0 atom stereocenters. The molecule has 0 amide bonds. The van der Waals surface area contributed by atoms with Crippen molar-refractivity contribution in [2.45, 2.75) is 6.42 Å². The third-order valence-electron chi connectivity index (χ3n) is 2.77. The second-order valence-electron chi connectivity index (χ2n) is 4.04. The lowest BCUT2D eigenvalue weighted by Gasteiger charge is -2.08. The van der Waals surface area contributed by atoms with Gasteiger partial charge in [-0.05, 0) is 29.8 Å². The molecule has 0 spiro atoms. The van der Waals surface area contributed by atoms with Crippen molar-refractivity contribution in [1.29, 1.82) is 0 Å². The molecular formula is C15H12BrFO2. The van der Waals surface area contributed by atoms with E-state index in [-0.39, 0.29) is 12.2 Å². The molecule has 98 valence electrons. The highest BCUT2D eigenvalue weighted by atomic mass is 79.9. The number of halogens is 2. The van der Waals surface area contributed by atoms with E-state index >= 15 is 0 Å². The van der Waals surface area contributed by atoms with Crippen LogP contribution < -0.4 is 4.74 Å². The molecule has 0 bridgehead atoms. The smallest absolute Gasteiger partial charge is 0.171 e. The number of para-hydroxylation sites is 1. The van der Waals surface area contributed by atoms with E-state index in [1.807, 2.05) is 0 Å². The van der Waals surface area contributed by atoms with Crippen molar-refractivity contribution in [3.8, 4) is 5.75 Å². The quantitative estimate of drug-likeness (QED) is 0.795. The molecule has 4 heteroatoms. The topological polar surface area (TPSA) is 26.3 Å². The Bertz CT molecular complexity index is 611. The van der Waals surface area contributed by atoms with E-state index in [0.717, 1.165) is 0 Å². The highest BCUT2D eigenvalue weighted by Crippen LogP contribution is 2.21. The van der Waals surface area contributed by atoms with E-state index in [9.17, 15) is 9.18 Å². The van der Waals surface area contributed by atoms with Gasteiger partial charge in [0.05, 0.1) is 12.7 Å². The summed E-state index contributed by atoms with van der Waals surface area (Å²) in [6, 6.07) is 11.6. The molecule has 2 aromatic rings. The zero-order valence-electron chi connectivity index (χ0n) is 10.3. The fourth-order valence-corrected chi connectivity index (χ4v) is 2.14. The Hall–Kier alpha value is -1.68. The normalized spacial score (nSPS) is 10.3. The highest BCUT2D eigenvalue weighted by molar-refractivity contribution is 9.10. The molecule has 0 saturated heterocycles. The number of ether oxygens (including phenoxy) is 1. The molecule has 0 saturated carbocycles. The first-order valence-corrected chi connectivity index (χ1v) is 6.51. The first kappa shape index (κ1) is 13.7. The maximum absolute atomic E-state index is 13.7. The first-order chi connectivity index (χ1) is 9.11. The molecular weight excluding hydrogens is 311 g/mol. The van der Waals surface area contributed by atoms with Crippen molar-refractivity contribution in [2.24, 2.45) is 0 Å². The van der Waals surface area contributed by atoms with Gasteiger partial charge in [-0.15, -0.1) is 0 Å². The number of Topliss-reactive ketones (excluding diaryl/α,β-unsaturated/α-hetero) is 1. The maximum atomic E-state index is 13.7. The second kappa shape index (κ2) is 5.97. The van der Waals surface area contributed by atoms with E-state index < -0.39 is 5.82 Å². The third-order valence-corrected chi connectivity index (χ3v) is 3.27. The Balaban J connectivity index is 2.26. The van der Waals surface area contributed by atoms with E-state index in [2.05, 4.69) is 15.9 Å². The average molecular weight is 323 g/mol. The molecule has 0 unspecified atom stereocenters. The van der Waals surface area contributed by atoms with Crippen LogP contribution in [0.4, 0.5) is 4.39 Å². The number of methoxy groups -OCH3 is 1. The summed E-state index contributed by atoms with van der Waals surface area (Å²) in [6.45, 7) is 0. The second-order valence-corrected chi connectivity index (χ2v) is 4.95. The van der Waals surface area contributed by atoms with Crippen LogP contribution in [0.25, 0.3) is 0 Å². The Labute approximate surface area is 119 Å². The van der Waals surface area contributed by atoms with Crippen molar-refractivity contribution in [1.82, 2.24) is 0 Å². The maximum Gasteiger partial charge on any atom is 0.171 e. The van der Waals surface area contributed by atoms with Crippen LogP contribution in [-0.4, -0.2) is 12.9 Å². The number of carbonyl (C=O) groups is 1. The predicted molar refractivity (Wildman–Crippen MR) is 75.1 cm³/mol. The van der Waals surface area contributed by atoms with Gasteiger partial charge in [0.2, 0.25) is 0 Å². The van der Waals surface area contributed by atoms with Gasteiger partial charge in [-0.1, -0.05) is 34.1 Å². The van der Waals surface area contributed by atoms with Gasteiger partial charge >= 0.3 is 0 Å². The third kappa shape index (κ3) is 3.20. The van der Waals surface area contributed by atoms with E-state index in [1.54, 1.807) is 36.4 Å². The summed E-state index contributed by atoms with van der Waals surface area (Å²) in [4.78, 5) is 12.2.